The van der Waals surface area contributed by atoms with Crippen molar-refractivity contribution in [2.24, 2.45) is 0 Å². The van der Waals surface area contributed by atoms with Crippen molar-refractivity contribution in [2.45, 2.75) is 83.1 Å². The van der Waals surface area contributed by atoms with Gasteiger partial charge in [0, 0.05) is 0 Å². The summed E-state index contributed by atoms with van der Waals surface area (Å²) in [6.07, 6.45) is 15.9. The van der Waals surface area contributed by atoms with E-state index in [2.05, 4.69) is 33.2 Å². The summed E-state index contributed by atoms with van der Waals surface area (Å²) < 4.78 is 26.3. The summed E-state index contributed by atoms with van der Waals surface area (Å²) in [5, 5.41) is 10.7. The molecule has 162 valence electrons. The van der Waals surface area contributed by atoms with Gasteiger partial charge in [0.25, 0.3) is 0 Å². The molecule has 0 amide bonds. The Morgan fingerprint density at radius 1 is 0.643 bits per heavy atom. The van der Waals surface area contributed by atoms with Crippen molar-refractivity contribution in [2.75, 3.05) is 6.61 Å². The quantitative estimate of drug-likeness (QED) is 0.148. The van der Waals surface area contributed by atoms with Gasteiger partial charge in [0.05, 0.1) is 31.7 Å². The average molecular weight is 399 g/mol. The van der Waals surface area contributed by atoms with Gasteiger partial charge in [-0.2, -0.15) is 0 Å². The smallest absolute Gasteiger partial charge is 0.431 e. The summed E-state index contributed by atoms with van der Waals surface area (Å²) in [6.45, 7) is 16.2. The molecular weight excluding hydrogens is 360 g/mol. The molecule has 1 N–H and O–H groups in total. The summed E-state index contributed by atoms with van der Waals surface area (Å²) in [6, 6.07) is 0. The number of aliphatic hydroxyl groups is 1. The second-order valence-corrected chi connectivity index (χ2v) is 6.31. The van der Waals surface area contributed by atoms with Crippen molar-refractivity contribution in [3.63, 3.8) is 0 Å². The molecule has 0 bridgehead atoms. The fraction of sp³-hybridized carbons (Fsp3) is 0.636. The van der Waals surface area contributed by atoms with Crippen molar-refractivity contribution in [1.82, 2.24) is 0 Å². The Balaban J connectivity index is 4.50. The molecule has 0 aromatic rings. The molecular formula is C22H38O6. The van der Waals surface area contributed by atoms with Gasteiger partial charge >= 0.3 is 11.9 Å². The van der Waals surface area contributed by atoms with Crippen LogP contribution in [0.4, 0.5) is 0 Å². The third kappa shape index (κ3) is 9.33. The minimum absolute atomic E-state index is 0.238. The SMILES string of the molecule is C=COC(O)(OC=C)C(OC=C)(OC=C)OCCCCCCCCCCCC. The van der Waals surface area contributed by atoms with Gasteiger partial charge in [-0.1, -0.05) is 91.0 Å². The van der Waals surface area contributed by atoms with E-state index in [0.717, 1.165) is 44.3 Å². The van der Waals surface area contributed by atoms with Gasteiger partial charge < -0.3 is 24.1 Å². The van der Waals surface area contributed by atoms with Gasteiger partial charge in [-0.05, 0) is 6.42 Å². The van der Waals surface area contributed by atoms with Gasteiger partial charge in [0.1, 0.15) is 0 Å². The van der Waals surface area contributed by atoms with Gasteiger partial charge in [-0.25, -0.2) is 0 Å². The monoisotopic (exact) mass is 398 g/mol. The second-order valence-electron chi connectivity index (χ2n) is 6.31. The summed E-state index contributed by atoms with van der Waals surface area (Å²) in [5.74, 6) is -4.66. The second kappa shape index (κ2) is 16.1. The van der Waals surface area contributed by atoms with Crippen LogP contribution in [0.15, 0.2) is 51.4 Å². The van der Waals surface area contributed by atoms with Crippen molar-refractivity contribution < 1.29 is 28.8 Å². The molecule has 28 heavy (non-hydrogen) atoms. The first kappa shape index (κ1) is 26.1. The highest BCUT2D eigenvalue weighted by Gasteiger charge is 2.63. The Labute approximate surface area is 170 Å². The number of hydrogen-bond acceptors (Lipinski definition) is 6. The number of rotatable bonds is 21. The normalized spacial score (nSPS) is 11.4. The van der Waals surface area contributed by atoms with Crippen molar-refractivity contribution in [1.29, 1.82) is 0 Å². The summed E-state index contributed by atoms with van der Waals surface area (Å²) in [4.78, 5) is 0. The first-order valence-electron chi connectivity index (χ1n) is 10.1. The zero-order valence-corrected chi connectivity index (χ0v) is 17.4. The molecule has 6 nitrogen and oxygen atoms in total. The third-order valence-corrected chi connectivity index (χ3v) is 4.14. The highest BCUT2D eigenvalue weighted by Crippen LogP contribution is 2.33. The Morgan fingerprint density at radius 2 is 1.04 bits per heavy atom. The van der Waals surface area contributed by atoms with Crippen LogP contribution in [0.1, 0.15) is 71.1 Å². The highest BCUT2D eigenvalue weighted by atomic mass is 17.0. The molecule has 0 saturated carbocycles. The van der Waals surface area contributed by atoms with E-state index in [-0.39, 0.29) is 6.61 Å². The highest BCUT2D eigenvalue weighted by molar-refractivity contribution is 4.81. The van der Waals surface area contributed by atoms with Crippen LogP contribution < -0.4 is 0 Å². The Morgan fingerprint density at radius 3 is 1.43 bits per heavy atom. The van der Waals surface area contributed by atoms with Crippen LogP contribution in [0.2, 0.25) is 0 Å². The van der Waals surface area contributed by atoms with Gasteiger partial charge in [0.2, 0.25) is 0 Å². The summed E-state index contributed by atoms with van der Waals surface area (Å²) in [7, 11) is 0. The molecule has 0 atom stereocenters. The van der Waals surface area contributed by atoms with Crippen LogP contribution >= 0.6 is 0 Å². The molecule has 0 fully saturated rings. The zero-order valence-electron chi connectivity index (χ0n) is 17.4. The Hall–Kier alpha value is -1.92. The lowest BCUT2D eigenvalue weighted by molar-refractivity contribution is -0.519. The molecule has 0 spiro atoms. The number of ether oxygens (including phenoxy) is 5. The van der Waals surface area contributed by atoms with Crippen LogP contribution in [0.5, 0.6) is 0 Å². The lowest BCUT2D eigenvalue weighted by Gasteiger charge is -2.39. The van der Waals surface area contributed by atoms with E-state index in [0.29, 0.717) is 0 Å². The fourth-order valence-corrected chi connectivity index (χ4v) is 2.75. The molecule has 0 rings (SSSR count). The predicted octanol–water partition coefficient (Wildman–Crippen LogP) is 5.86. The zero-order chi connectivity index (χ0) is 21.1. The van der Waals surface area contributed by atoms with Crippen molar-refractivity contribution >= 4 is 0 Å². The van der Waals surface area contributed by atoms with E-state index in [4.69, 9.17) is 23.7 Å². The van der Waals surface area contributed by atoms with E-state index >= 15 is 0 Å². The third-order valence-electron chi connectivity index (χ3n) is 4.14. The first-order chi connectivity index (χ1) is 13.6. The van der Waals surface area contributed by atoms with Gasteiger partial charge in [0.15, 0.2) is 0 Å². The maximum atomic E-state index is 10.7. The minimum atomic E-state index is -2.49. The van der Waals surface area contributed by atoms with Crippen LogP contribution in [-0.2, 0) is 23.7 Å². The molecule has 0 aliphatic carbocycles. The van der Waals surface area contributed by atoms with Crippen LogP contribution in [-0.4, -0.2) is 23.7 Å². The van der Waals surface area contributed by atoms with E-state index in [9.17, 15) is 5.11 Å². The van der Waals surface area contributed by atoms with E-state index in [1.807, 2.05) is 0 Å². The lowest BCUT2D eigenvalue weighted by atomic mass is 10.1. The molecule has 0 saturated heterocycles. The molecule has 0 aromatic heterocycles. The van der Waals surface area contributed by atoms with E-state index < -0.39 is 11.9 Å². The molecule has 0 unspecified atom stereocenters. The van der Waals surface area contributed by atoms with Crippen molar-refractivity contribution in [3.05, 3.63) is 51.4 Å². The predicted molar refractivity (Wildman–Crippen MR) is 111 cm³/mol. The lowest BCUT2D eigenvalue weighted by Crippen LogP contribution is -2.60. The van der Waals surface area contributed by atoms with Gasteiger partial charge in [-0.3, -0.25) is 4.74 Å². The average Bonchev–Trinajstić information content (AvgIpc) is 2.66. The first-order valence-corrected chi connectivity index (χ1v) is 10.1. The number of unbranched alkanes of at least 4 members (excludes halogenated alkanes) is 9. The minimum Gasteiger partial charge on any atom is -0.431 e. The van der Waals surface area contributed by atoms with E-state index in [1.54, 1.807) is 0 Å². The summed E-state index contributed by atoms with van der Waals surface area (Å²) >= 11 is 0. The molecule has 0 radical (unpaired) electrons. The molecule has 0 aliphatic rings. The molecule has 0 heterocycles. The standard InChI is InChI=1S/C22H38O6/c1-6-11-12-13-14-15-16-17-18-19-20-28-22(26-9-4,27-10-5)21(23,24-7-2)25-8-3/h7-10,23H,2-6,11-20H2,1H3. The largest absolute Gasteiger partial charge is 0.485 e. The molecule has 0 aromatic carbocycles. The van der Waals surface area contributed by atoms with E-state index in [1.165, 1.54) is 44.9 Å². The fourth-order valence-electron chi connectivity index (χ4n) is 2.75. The maximum Gasteiger partial charge on any atom is 0.485 e. The molecule has 0 aliphatic heterocycles. The maximum absolute atomic E-state index is 10.7. The van der Waals surface area contributed by atoms with Crippen LogP contribution in [0.3, 0.4) is 0 Å². The topological polar surface area (TPSA) is 66.4 Å². The summed E-state index contributed by atoms with van der Waals surface area (Å²) in [5.41, 5.74) is 0. The Bertz CT molecular complexity index is 415. The van der Waals surface area contributed by atoms with Crippen LogP contribution in [0.25, 0.3) is 0 Å². The van der Waals surface area contributed by atoms with Crippen LogP contribution in [0, 0.1) is 0 Å². The van der Waals surface area contributed by atoms with Crippen molar-refractivity contribution in [3.8, 4) is 0 Å². The van der Waals surface area contributed by atoms with Gasteiger partial charge in [-0.15, -0.1) is 0 Å². The number of hydrogen-bond donors (Lipinski definition) is 1. The Kier molecular flexibility index (Phi) is 15.0. The molecule has 6 heteroatoms.